The summed E-state index contributed by atoms with van der Waals surface area (Å²) in [6.45, 7) is 12.5. The van der Waals surface area contributed by atoms with Gasteiger partial charge in [-0.05, 0) is 91.3 Å². The molecule has 1 unspecified atom stereocenters. The Morgan fingerprint density at radius 2 is 1.86 bits per heavy atom. The molecule has 0 heterocycles. The summed E-state index contributed by atoms with van der Waals surface area (Å²) in [5, 5.41) is 10.8. The minimum Gasteiger partial charge on any atom is -0.393 e. The Kier molecular flexibility index (Phi) is 6.29. The molecular formula is C27H46OS. The number of aliphatic hydroxyl groups is 1. The van der Waals surface area contributed by atoms with Crippen LogP contribution in [-0.2, 0) is 0 Å². The Labute approximate surface area is 185 Å². The topological polar surface area (TPSA) is 20.2 Å². The van der Waals surface area contributed by atoms with Crippen LogP contribution < -0.4 is 0 Å². The molecule has 0 radical (unpaired) electrons. The normalized spacial score (nSPS) is 47.9. The van der Waals surface area contributed by atoms with Crippen LogP contribution in [-0.4, -0.2) is 16.5 Å². The van der Waals surface area contributed by atoms with Crippen molar-refractivity contribution >= 4 is 12.6 Å². The lowest BCUT2D eigenvalue weighted by Crippen LogP contribution is -2.51. The van der Waals surface area contributed by atoms with E-state index >= 15 is 0 Å². The fourth-order valence-corrected chi connectivity index (χ4v) is 9.61. The molecule has 1 nitrogen and oxygen atoms in total. The third-order valence-corrected chi connectivity index (χ3v) is 10.8. The van der Waals surface area contributed by atoms with Crippen LogP contribution in [0.2, 0.25) is 0 Å². The minimum absolute atomic E-state index is 0.0934. The average molecular weight is 419 g/mol. The molecule has 4 aliphatic rings. The summed E-state index contributed by atoms with van der Waals surface area (Å²) in [6.07, 6.45) is 15.2. The van der Waals surface area contributed by atoms with Crippen molar-refractivity contribution in [2.24, 2.45) is 46.3 Å². The Balaban J connectivity index is 1.53. The fraction of sp³-hybridized carbons (Fsp3) is 0.926. The van der Waals surface area contributed by atoms with Gasteiger partial charge < -0.3 is 5.11 Å². The summed E-state index contributed by atoms with van der Waals surface area (Å²) in [4.78, 5) is 0. The van der Waals surface area contributed by atoms with Crippen molar-refractivity contribution in [3.05, 3.63) is 11.6 Å². The number of hydrogen-bond donors (Lipinski definition) is 2. The van der Waals surface area contributed by atoms with E-state index in [0.29, 0.717) is 16.1 Å². The van der Waals surface area contributed by atoms with Gasteiger partial charge in [0.25, 0.3) is 0 Å². The molecule has 0 bridgehead atoms. The Morgan fingerprint density at radius 3 is 2.59 bits per heavy atom. The zero-order chi connectivity index (χ0) is 21.0. The first kappa shape index (κ1) is 22.3. The van der Waals surface area contributed by atoms with Crippen molar-refractivity contribution in [3.63, 3.8) is 0 Å². The van der Waals surface area contributed by atoms with Gasteiger partial charge >= 0.3 is 0 Å². The summed E-state index contributed by atoms with van der Waals surface area (Å²) < 4.78 is 0. The van der Waals surface area contributed by atoms with Crippen LogP contribution in [0, 0.1) is 46.3 Å². The van der Waals surface area contributed by atoms with Crippen LogP contribution in [0.3, 0.4) is 0 Å². The first-order valence-corrected chi connectivity index (χ1v) is 13.2. The number of hydrogen-bond acceptors (Lipinski definition) is 2. The van der Waals surface area contributed by atoms with Gasteiger partial charge in [0.15, 0.2) is 0 Å². The maximum absolute atomic E-state index is 10.2. The first-order valence-electron chi connectivity index (χ1n) is 12.7. The molecule has 3 fully saturated rings. The molecule has 0 aromatic carbocycles. The van der Waals surface area contributed by atoms with Crippen molar-refractivity contribution in [3.8, 4) is 0 Å². The van der Waals surface area contributed by atoms with Crippen LogP contribution in [0.1, 0.15) is 98.8 Å². The largest absolute Gasteiger partial charge is 0.393 e. The number of fused-ring (bicyclic) bond motifs is 5. The molecule has 29 heavy (non-hydrogen) atoms. The van der Waals surface area contributed by atoms with Crippen LogP contribution >= 0.6 is 12.6 Å². The molecule has 0 aliphatic heterocycles. The van der Waals surface area contributed by atoms with Gasteiger partial charge in [0.2, 0.25) is 0 Å². The van der Waals surface area contributed by atoms with E-state index in [4.69, 9.17) is 12.6 Å². The molecule has 0 spiro atoms. The summed E-state index contributed by atoms with van der Waals surface area (Å²) in [7, 11) is 0. The average Bonchev–Trinajstić information content (AvgIpc) is 2.92. The maximum Gasteiger partial charge on any atom is 0.0577 e. The second-order valence-electron chi connectivity index (χ2n) is 12.3. The first-order chi connectivity index (χ1) is 13.7. The molecule has 4 rings (SSSR count). The molecule has 0 saturated heterocycles. The molecule has 2 heteroatoms. The van der Waals surface area contributed by atoms with Gasteiger partial charge in [-0.15, -0.1) is 0 Å². The molecule has 9 atom stereocenters. The van der Waals surface area contributed by atoms with Crippen LogP contribution in [0.15, 0.2) is 11.6 Å². The van der Waals surface area contributed by atoms with Crippen molar-refractivity contribution in [1.82, 2.24) is 0 Å². The third-order valence-electron chi connectivity index (χ3n) is 10.2. The van der Waals surface area contributed by atoms with E-state index in [1.807, 2.05) is 0 Å². The highest BCUT2D eigenvalue weighted by Crippen LogP contribution is 2.68. The van der Waals surface area contributed by atoms with Crippen LogP contribution in [0.4, 0.5) is 0 Å². The number of allylic oxidation sites excluding steroid dienone is 1. The van der Waals surface area contributed by atoms with Gasteiger partial charge in [0.05, 0.1) is 6.10 Å². The Bertz CT molecular complexity index is 626. The van der Waals surface area contributed by atoms with Crippen LogP contribution in [0.5, 0.6) is 0 Å². The highest BCUT2D eigenvalue weighted by atomic mass is 32.1. The zero-order valence-corrected chi connectivity index (χ0v) is 20.6. The highest BCUT2D eigenvalue weighted by molar-refractivity contribution is 7.81. The van der Waals surface area contributed by atoms with E-state index < -0.39 is 0 Å². The minimum atomic E-state index is -0.0934. The summed E-state index contributed by atoms with van der Waals surface area (Å²) in [6, 6.07) is 0. The monoisotopic (exact) mass is 418 g/mol. The molecule has 166 valence electrons. The summed E-state index contributed by atoms with van der Waals surface area (Å²) >= 11 is 5.23. The lowest BCUT2D eigenvalue weighted by atomic mass is 9.47. The number of thiol groups is 1. The standard InChI is InChI=1S/C27H46OS/c1-17(2)7-6-8-18(3)25-24(29)16-23-21-10-9-19-15-20(28)11-13-26(19,4)22(21)12-14-27(23,25)5/h9,17-18,20-25,28-29H,6-8,10-16H2,1-5H3/t18-,20+,21-,22+,23+,24?,25+,26+,27+/m1/s1. The summed E-state index contributed by atoms with van der Waals surface area (Å²) in [5.41, 5.74) is 2.44. The highest BCUT2D eigenvalue weighted by Gasteiger charge is 2.61. The SMILES string of the molecule is CC(C)CCC[C@@H](C)[C@H]1C(S)C[C@H]2[C@@H]3CC=C4C[C@@H](O)CC[C@]4(C)[C@H]3CC[C@]12C. The van der Waals surface area contributed by atoms with E-state index in [1.165, 1.54) is 51.4 Å². The van der Waals surface area contributed by atoms with Gasteiger partial charge in [-0.25, -0.2) is 0 Å². The molecule has 0 aromatic heterocycles. The van der Waals surface area contributed by atoms with Crippen molar-refractivity contribution in [2.45, 2.75) is 110 Å². The lowest BCUT2D eigenvalue weighted by Gasteiger charge is -2.58. The van der Waals surface area contributed by atoms with Gasteiger partial charge in [-0.3, -0.25) is 0 Å². The molecule has 0 aromatic rings. The third kappa shape index (κ3) is 3.77. The molecule has 3 saturated carbocycles. The van der Waals surface area contributed by atoms with Crippen molar-refractivity contribution in [1.29, 1.82) is 0 Å². The number of rotatable bonds is 5. The van der Waals surface area contributed by atoms with Gasteiger partial charge in [0, 0.05) is 5.25 Å². The molecule has 4 aliphatic carbocycles. The predicted molar refractivity (Wildman–Crippen MR) is 127 cm³/mol. The van der Waals surface area contributed by atoms with Crippen LogP contribution in [0.25, 0.3) is 0 Å². The quantitative estimate of drug-likeness (QED) is 0.354. The van der Waals surface area contributed by atoms with Gasteiger partial charge in [-0.1, -0.05) is 65.5 Å². The van der Waals surface area contributed by atoms with Crippen molar-refractivity contribution in [2.75, 3.05) is 0 Å². The maximum atomic E-state index is 10.2. The smallest absolute Gasteiger partial charge is 0.0577 e. The Hall–Kier alpha value is 0.0500. The molecular weight excluding hydrogens is 372 g/mol. The summed E-state index contributed by atoms with van der Waals surface area (Å²) in [5.74, 6) is 4.95. The van der Waals surface area contributed by atoms with E-state index in [1.54, 1.807) is 5.57 Å². The second kappa shape index (κ2) is 8.19. The zero-order valence-electron chi connectivity index (χ0n) is 19.7. The van der Waals surface area contributed by atoms with E-state index in [9.17, 15) is 5.11 Å². The second-order valence-corrected chi connectivity index (χ2v) is 13.0. The number of aliphatic hydroxyl groups excluding tert-OH is 1. The predicted octanol–water partition coefficient (Wildman–Crippen LogP) is 7.30. The fourth-order valence-electron chi connectivity index (χ4n) is 8.75. The van der Waals surface area contributed by atoms with Crippen molar-refractivity contribution < 1.29 is 5.11 Å². The molecule has 1 N–H and O–H groups in total. The molecule has 0 amide bonds. The van der Waals surface area contributed by atoms with E-state index in [0.717, 1.165) is 48.3 Å². The van der Waals surface area contributed by atoms with Gasteiger partial charge in [0.1, 0.15) is 0 Å². The Morgan fingerprint density at radius 1 is 1.10 bits per heavy atom. The van der Waals surface area contributed by atoms with E-state index in [-0.39, 0.29) is 6.10 Å². The van der Waals surface area contributed by atoms with Gasteiger partial charge in [-0.2, -0.15) is 12.6 Å². The lowest BCUT2D eigenvalue weighted by molar-refractivity contribution is -0.0571. The van der Waals surface area contributed by atoms with E-state index in [2.05, 4.69) is 40.7 Å².